The van der Waals surface area contributed by atoms with Crippen molar-refractivity contribution in [3.05, 3.63) is 75.8 Å². The number of hydrogen-bond acceptors (Lipinski definition) is 7. The van der Waals surface area contributed by atoms with E-state index < -0.39 is 41.7 Å². The molecule has 0 N–H and O–H groups in total. The van der Waals surface area contributed by atoms with Crippen molar-refractivity contribution in [2.75, 3.05) is 13.2 Å². The molecule has 1 heterocycles. The number of ketones is 1. The number of nitro benzene ring substituents is 1. The van der Waals surface area contributed by atoms with Crippen molar-refractivity contribution in [3.63, 3.8) is 0 Å². The number of likely N-dealkylation sites (tertiary alicyclic amines) is 1. The largest absolute Gasteiger partial charge is 0.456 e. The van der Waals surface area contributed by atoms with Crippen molar-refractivity contribution in [1.82, 2.24) is 4.90 Å². The number of rotatable bonds is 7. The molecule has 3 aliphatic rings. The van der Waals surface area contributed by atoms with Crippen LogP contribution in [0, 0.1) is 33.8 Å². The smallest absolute Gasteiger partial charge is 0.326 e. The Morgan fingerprint density at radius 2 is 1.74 bits per heavy atom. The molecule has 0 radical (unpaired) electrons. The molecule has 1 saturated heterocycles. The zero-order chi connectivity index (χ0) is 24.0. The maximum Gasteiger partial charge on any atom is 0.326 e. The Morgan fingerprint density at radius 1 is 1.00 bits per heavy atom. The molecule has 1 aliphatic heterocycles. The van der Waals surface area contributed by atoms with E-state index >= 15 is 0 Å². The summed E-state index contributed by atoms with van der Waals surface area (Å²) in [6, 6.07) is 15.1. The highest BCUT2D eigenvalue weighted by Crippen LogP contribution is 2.61. The van der Waals surface area contributed by atoms with Gasteiger partial charge < -0.3 is 4.74 Å². The Kier molecular flexibility index (Phi) is 5.47. The molecule has 0 aromatic heterocycles. The quantitative estimate of drug-likeness (QED) is 0.204. The zero-order valence-corrected chi connectivity index (χ0v) is 18.2. The van der Waals surface area contributed by atoms with E-state index in [4.69, 9.17) is 4.74 Å². The Morgan fingerprint density at radius 3 is 2.47 bits per heavy atom. The lowest BCUT2D eigenvalue weighted by Gasteiger charge is -2.28. The highest BCUT2D eigenvalue weighted by Gasteiger charge is 2.64. The van der Waals surface area contributed by atoms with E-state index in [9.17, 15) is 29.3 Å². The summed E-state index contributed by atoms with van der Waals surface area (Å²) in [7, 11) is 0. The van der Waals surface area contributed by atoms with Gasteiger partial charge in [-0.15, -0.1) is 0 Å². The summed E-state index contributed by atoms with van der Waals surface area (Å²) >= 11 is 0. The summed E-state index contributed by atoms with van der Waals surface area (Å²) in [5, 5.41) is 10.9. The molecular weight excluding hydrogens is 440 g/mol. The van der Waals surface area contributed by atoms with Crippen LogP contribution in [0.1, 0.15) is 34.7 Å². The summed E-state index contributed by atoms with van der Waals surface area (Å²) in [5.74, 6) is -2.56. The van der Waals surface area contributed by atoms with E-state index in [1.807, 2.05) is 18.2 Å². The first-order valence-electron chi connectivity index (χ1n) is 11.2. The van der Waals surface area contributed by atoms with Gasteiger partial charge in [-0.05, 0) is 36.2 Å². The Labute approximate surface area is 194 Å². The minimum Gasteiger partial charge on any atom is -0.456 e. The number of imide groups is 1. The molecule has 174 valence electrons. The Balaban J connectivity index is 1.21. The molecule has 34 heavy (non-hydrogen) atoms. The Hall–Kier alpha value is -3.88. The third kappa shape index (κ3) is 3.67. The number of ether oxygens (including phenoxy) is 1. The van der Waals surface area contributed by atoms with E-state index in [1.165, 1.54) is 23.8 Å². The summed E-state index contributed by atoms with van der Waals surface area (Å²) in [6.45, 7) is -1.17. The predicted molar refractivity (Wildman–Crippen MR) is 117 cm³/mol. The van der Waals surface area contributed by atoms with Crippen LogP contribution in [0.4, 0.5) is 5.69 Å². The van der Waals surface area contributed by atoms with Crippen LogP contribution in [0.15, 0.2) is 54.6 Å². The lowest BCUT2D eigenvalue weighted by molar-refractivity contribution is -0.384. The number of nitrogens with zero attached hydrogens (tertiary/aromatic N) is 2. The number of Topliss-reactive ketones (excluding diaryl/α,β-unsaturated/α-hetero) is 1. The number of esters is 1. The lowest BCUT2D eigenvalue weighted by Crippen LogP contribution is -2.38. The first-order chi connectivity index (χ1) is 16.3. The molecule has 5 atom stereocenters. The van der Waals surface area contributed by atoms with Gasteiger partial charge in [0, 0.05) is 17.7 Å². The van der Waals surface area contributed by atoms with Gasteiger partial charge in [0.2, 0.25) is 17.6 Å². The molecule has 2 bridgehead atoms. The highest BCUT2D eigenvalue weighted by atomic mass is 16.6. The number of non-ortho nitro benzene ring substituents is 1. The number of benzene rings is 2. The minimum absolute atomic E-state index is 0.0355. The van der Waals surface area contributed by atoms with Gasteiger partial charge in [-0.3, -0.25) is 34.2 Å². The number of amides is 2. The van der Waals surface area contributed by atoms with E-state index in [-0.39, 0.29) is 40.8 Å². The van der Waals surface area contributed by atoms with Crippen molar-refractivity contribution < 1.29 is 28.8 Å². The molecule has 5 rings (SSSR count). The summed E-state index contributed by atoms with van der Waals surface area (Å²) in [5.41, 5.74) is 0.958. The molecule has 9 heteroatoms. The van der Waals surface area contributed by atoms with Crippen LogP contribution in [0.2, 0.25) is 0 Å². The van der Waals surface area contributed by atoms with E-state index in [0.29, 0.717) is 0 Å². The average Bonchev–Trinajstić information content (AvgIpc) is 3.51. The summed E-state index contributed by atoms with van der Waals surface area (Å²) in [4.78, 5) is 62.0. The first-order valence-corrected chi connectivity index (χ1v) is 11.2. The van der Waals surface area contributed by atoms with Gasteiger partial charge in [-0.1, -0.05) is 42.5 Å². The third-order valence-corrected chi connectivity index (χ3v) is 7.36. The topological polar surface area (TPSA) is 124 Å². The van der Waals surface area contributed by atoms with Gasteiger partial charge in [-0.2, -0.15) is 0 Å². The highest BCUT2D eigenvalue weighted by molar-refractivity contribution is 6.08. The number of carbonyl (C=O) groups excluding carboxylic acids is 4. The fourth-order valence-electron chi connectivity index (χ4n) is 5.96. The molecule has 2 aromatic rings. The summed E-state index contributed by atoms with van der Waals surface area (Å²) < 4.78 is 4.99. The molecule has 3 fully saturated rings. The molecule has 2 amide bonds. The monoisotopic (exact) mass is 462 g/mol. The first kappa shape index (κ1) is 21.9. The molecule has 2 saturated carbocycles. The molecular formula is C25H22N2O7. The zero-order valence-electron chi connectivity index (χ0n) is 18.2. The van der Waals surface area contributed by atoms with Crippen LogP contribution < -0.4 is 0 Å². The van der Waals surface area contributed by atoms with E-state index in [2.05, 4.69) is 12.1 Å². The molecule has 9 nitrogen and oxygen atoms in total. The standard InChI is InChI=1S/C25H22N2O7/c28-20(15-7-4-8-17(9-15)27(32)33)13-34-21(29)12-26-24(30)22-16-10-18(14-5-2-1-3-6-14)19(11-16)23(22)25(26)31/h1-9,16,18-19,22-23H,10-13H2/t16-,18+,19+,22-,23-/m1/s1. The number of fused-ring (bicyclic) bond motifs is 5. The fourth-order valence-corrected chi connectivity index (χ4v) is 5.96. The van der Waals surface area contributed by atoms with Crippen molar-refractivity contribution >= 4 is 29.3 Å². The van der Waals surface area contributed by atoms with Gasteiger partial charge in [-0.25, -0.2) is 0 Å². The van der Waals surface area contributed by atoms with Crippen LogP contribution in [-0.4, -0.2) is 46.5 Å². The second kappa shape index (κ2) is 8.48. The van der Waals surface area contributed by atoms with Crippen LogP contribution in [0.5, 0.6) is 0 Å². The van der Waals surface area contributed by atoms with Crippen molar-refractivity contribution in [2.45, 2.75) is 18.8 Å². The number of nitro groups is 1. The van der Waals surface area contributed by atoms with Crippen molar-refractivity contribution in [1.29, 1.82) is 0 Å². The van der Waals surface area contributed by atoms with E-state index in [0.717, 1.165) is 23.8 Å². The maximum atomic E-state index is 13.1. The normalized spacial score (nSPS) is 27.1. The SMILES string of the molecule is O=C(CN1C(=O)[C@@H]2[C@H]3C[C@H]([C@H]2C1=O)[C@H](c1ccccc1)C3)OCC(=O)c1cccc([N+](=O)[O-])c1. The number of carbonyl (C=O) groups is 4. The minimum atomic E-state index is -0.868. The van der Waals surface area contributed by atoms with Crippen LogP contribution in [0.3, 0.4) is 0 Å². The third-order valence-electron chi connectivity index (χ3n) is 7.36. The molecule has 0 unspecified atom stereocenters. The predicted octanol–water partition coefficient (Wildman–Crippen LogP) is 2.75. The van der Waals surface area contributed by atoms with Gasteiger partial charge in [0.15, 0.2) is 6.61 Å². The van der Waals surface area contributed by atoms with Crippen LogP contribution >= 0.6 is 0 Å². The second-order valence-electron chi connectivity index (χ2n) is 9.12. The molecule has 0 spiro atoms. The van der Waals surface area contributed by atoms with Crippen molar-refractivity contribution in [2.24, 2.45) is 23.7 Å². The van der Waals surface area contributed by atoms with Gasteiger partial charge in [0.1, 0.15) is 6.54 Å². The van der Waals surface area contributed by atoms with Gasteiger partial charge >= 0.3 is 5.97 Å². The van der Waals surface area contributed by atoms with Crippen molar-refractivity contribution in [3.8, 4) is 0 Å². The molecule has 2 aromatic carbocycles. The molecule has 2 aliphatic carbocycles. The summed E-state index contributed by atoms with van der Waals surface area (Å²) in [6.07, 6.45) is 1.69. The van der Waals surface area contributed by atoms with Gasteiger partial charge in [0.05, 0.1) is 16.8 Å². The lowest BCUT2D eigenvalue weighted by atomic mass is 9.73. The fraction of sp³-hybridized carbons (Fsp3) is 0.360. The Bertz CT molecular complexity index is 1190. The second-order valence-corrected chi connectivity index (χ2v) is 9.12. The average molecular weight is 462 g/mol. The van der Waals surface area contributed by atoms with Crippen LogP contribution in [-0.2, 0) is 19.1 Å². The van der Waals surface area contributed by atoms with Crippen LogP contribution in [0.25, 0.3) is 0 Å². The van der Waals surface area contributed by atoms with E-state index in [1.54, 1.807) is 0 Å². The maximum absolute atomic E-state index is 13.1. The number of hydrogen-bond donors (Lipinski definition) is 0. The van der Waals surface area contributed by atoms with Gasteiger partial charge in [0.25, 0.3) is 5.69 Å².